The third kappa shape index (κ3) is 5.72. The molecule has 32 heavy (non-hydrogen) atoms. The van der Waals surface area contributed by atoms with Crippen molar-refractivity contribution in [1.29, 1.82) is 0 Å². The minimum atomic E-state index is -0.449. The third-order valence-electron chi connectivity index (χ3n) is 6.05. The van der Waals surface area contributed by atoms with E-state index in [2.05, 4.69) is 15.3 Å². The average molecular weight is 444 g/mol. The molecule has 1 aromatic carbocycles. The van der Waals surface area contributed by atoms with Gasteiger partial charge in [-0.25, -0.2) is 4.39 Å². The van der Waals surface area contributed by atoms with Gasteiger partial charge in [0.25, 0.3) is 5.91 Å². The van der Waals surface area contributed by atoms with Crippen LogP contribution in [0.1, 0.15) is 35.7 Å². The third-order valence-corrected chi connectivity index (χ3v) is 6.05. The lowest BCUT2D eigenvalue weighted by atomic mass is 10.2. The van der Waals surface area contributed by atoms with E-state index in [1.54, 1.807) is 26.4 Å². The molecule has 2 aliphatic rings. The lowest BCUT2D eigenvalue weighted by Gasteiger charge is -2.24. The van der Waals surface area contributed by atoms with Gasteiger partial charge in [0.15, 0.2) is 0 Å². The number of carbonyl (C=O) groups is 2. The number of carbonyl (C=O) groups excluding carboxylic acids is 2. The van der Waals surface area contributed by atoms with Crippen molar-refractivity contribution in [3.63, 3.8) is 0 Å². The molecule has 9 heteroatoms. The highest BCUT2D eigenvalue weighted by molar-refractivity contribution is 6.04. The zero-order chi connectivity index (χ0) is 22.7. The first-order valence-electron chi connectivity index (χ1n) is 11.0. The SMILES string of the molecule is CN(C)C(=O)COC[C@@H]1C[C@H](n2cc(NC(=O)c3cccc(F)c3)cn2)CN1CC1CC1. The molecule has 1 aliphatic carbocycles. The standard InChI is InChI=1S/C23H30FN5O3/c1-27(2)22(30)15-32-14-21-9-20(13-28(21)11-16-6-7-16)29-12-19(10-25-29)26-23(31)17-4-3-5-18(24)8-17/h3-5,8,10,12,16,20-21H,6-7,9,11,13-15H2,1-2H3,(H,26,31)/t20-,21-/m0/s1. The number of nitrogens with zero attached hydrogens (tertiary/aromatic N) is 4. The summed E-state index contributed by atoms with van der Waals surface area (Å²) in [5.41, 5.74) is 0.836. The fourth-order valence-corrected chi connectivity index (χ4v) is 4.02. The van der Waals surface area contributed by atoms with Crippen LogP contribution in [0.15, 0.2) is 36.7 Å². The van der Waals surface area contributed by atoms with Crippen molar-refractivity contribution >= 4 is 17.5 Å². The molecule has 4 rings (SSSR count). The Morgan fingerprint density at radius 1 is 1.31 bits per heavy atom. The van der Waals surface area contributed by atoms with Crippen molar-refractivity contribution in [2.24, 2.45) is 5.92 Å². The van der Waals surface area contributed by atoms with Gasteiger partial charge < -0.3 is 15.0 Å². The molecule has 1 aromatic heterocycles. The van der Waals surface area contributed by atoms with Crippen LogP contribution in [0.5, 0.6) is 0 Å². The molecule has 2 amide bonds. The van der Waals surface area contributed by atoms with Gasteiger partial charge in [-0.2, -0.15) is 5.10 Å². The minimum Gasteiger partial charge on any atom is -0.370 e. The number of aromatic nitrogens is 2. The summed E-state index contributed by atoms with van der Waals surface area (Å²) >= 11 is 0. The molecule has 0 radical (unpaired) electrons. The van der Waals surface area contributed by atoms with Gasteiger partial charge >= 0.3 is 0 Å². The second-order valence-electron chi connectivity index (χ2n) is 8.92. The van der Waals surface area contributed by atoms with Crippen LogP contribution in [0.25, 0.3) is 0 Å². The van der Waals surface area contributed by atoms with Gasteiger partial charge in [0, 0.05) is 45.0 Å². The Kier molecular flexibility index (Phi) is 6.86. The van der Waals surface area contributed by atoms with Crippen LogP contribution in [0.3, 0.4) is 0 Å². The monoisotopic (exact) mass is 443 g/mol. The van der Waals surface area contributed by atoms with Crippen LogP contribution in [0.2, 0.25) is 0 Å². The Labute approximate surface area is 187 Å². The zero-order valence-electron chi connectivity index (χ0n) is 18.5. The number of ether oxygens (including phenoxy) is 1. The van der Waals surface area contributed by atoms with Crippen LogP contribution < -0.4 is 5.32 Å². The zero-order valence-corrected chi connectivity index (χ0v) is 18.5. The summed E-state index contributed by atoms with van der Waals surface area (Å²) in [5.74, 6) is -0.115. The van der Waals surface area contributed by atoms with Gasteiger partial charge in [0.2, 0.25) is 5.91 Å². The van der Waals surface area contributed by atoms with Gasteiger partial charge in [0.1, 0.15) is 12.4 Å². The Morgan fingerprint density at radius 3 is 2.84 bits per heavy atom. The topological polar surface area (TPSA) is 79.7 Å². The second-order valence-corrected chi connectivity index (χ2v) is 8.92. The van der Waals surface area contributed by atoms with E-state index in [0.29, 0.717) is 12.3 Å². The summed E-state index contributed by atoms with van der Waals surface area (Å²) in [7, 11) is 3.44. The van der Waals surface area contributed by atoms with E-state index in [-0.39, 0.29) is 36.1 Å². The van der Waals surface area contributed by atoms with Crippen molar-refractivity contribution in [1.82, 2.24) is 19.6 Å². The molecule has 2 atom stereocenters. The van der Waals surface area contributed by atoms with Gasteiger partial charge in [-0.05, 0) is 43.4 Å². The average Bonchev–Trinajstić information content (AvgIpc) is 3.30. The molecule has 1 N–H and O–H groups in total. The maximum absolute atomic E-state index is 13.4. The number of benzene rings is 1. The number of anilines is 1. The van der Waals surface area contributed by atoms with Crippen LogP contribution in [-0.4, -0.2) is 77.8 Å². The number of rotatable bonds is 9. The largest absolute Gasteiger partial charge is 0.370 e. The first kappa shape index (κ1) is 22.4. The highest BCUT2D eigenvalue weighted by Gasteiger charge is 2.37. The normalized spacial score (nSPS) is 21.0. The molecule has 0 unspecified atom stereocenters. The number of halogens is 1. The number of nitrogens with one attached hydrogen (secondary N) is 1. The highest BCUT2D eigenvalue weighted by atomic mass is 19.1. The summed E-state index contributed by atoms with van der Waals surface area (Å²) in [6, 6.07) is 5.98. The number of hydrogen-bond donors (Lipinski definition) is 1. The van der Waals surface area contributed by atoms with E-state index >= 15 is 0 Å². The predicted octanol–water partition coefficient (Wildman–Crippen LogP) is 2.40. The minimum absolute atomic E-state index is 0.0425. The van der Waals surface area contributed by atoms with Gasteiger partial charge in [0.05, 0.1) is 24.5 Å². The first-order chi connectivity index (χ1) is 15.4. The number of amides is 2. The van der Waals surface area contributed by atoms with Gasteiger partial charge in [-0.1, -0.05) is 6.07 Å². The summed E-state index contributed by atoms with van der Waals surface area (Å²) in [6.45, 7) is 2.48. The molecule has 1 aliphatic heterocycles. The molecule has 1 saturated heterocycles. The molecule has 0 bridgehead atoms. The molecule has 1 saturated carbocycles. The van der Waals surface area contributed by atoms with E-state index in [1.165, 1.54) is 35.9 Å². The molecular formula is C23H30FN5O3. The van der Waals surface area contributed by atoms with Crippen LogP contribution in [0, 0.1) is 11.7 Å². The lowest BCUT2D eigenvalue weighted by Crippen LogP contribution is -2.36. The van der Waals surface area contributed by atoms with Crippen molar-refractivity contribution in [2.45, 2.75) is 31.3 Å². The molecule has 2 aromatic rings. The van der Waals surface area contributed by atoms with Gasteiger partial charge in [-0.15, -0.1) is 0 Å². The molecule has 2 fully saturated rings. The van der Waals surface area contributed by atoms with Crippen LogP contribution in [0.4, 0.5) is 10.1 Å². The molecule has 0 spiro atoms. The molecule has 2 heterocycles. The maximum atomic E-state index is 13.4. The summed E-state index contributed by atoms with van der Waals surface area (Å²) in [4.78, 5) is 28.2. The van der Waals surface area contributed by atoms with Crippen LogP contribution >= 0.6 is 0 Å². The number of likely N-dealkylation sites (tertiary alicyclic amines) is 1. The lowest BCUT2D eigenvalue weighted by molar-refractivity contribution is -0.134. The van der Waals surface area contributed by atoms with Crippen molar-refractivity contribution in [3.05, 3.63) is 48.0 Å². The van der Waals surface area contributed by atoms with E-state index in [1.807, 2.05) is 10.9 Å². The Bertz CT molecular complexity index is 959. The summed E-state index contributed by atoms with van der Waals surface area (Å²) in [6.07, 6.45) is 6.83. The fourth-order valence-electron chi connectivity index (χ4n) is 4.02. The second kappa shape index (κ2) is 9.79. The Balaban J connectivity index is 1.36. The first-order valence-corrected chi connectivity index (χ1v) is 11.0. The highest BCUT2D eigenvalue weighted by Crippen LogP contribution is 2.35. The summed E-state index contributed by atoms with van der Waals surface area (Å²) < 4.78 is 21.0. The van der Waals surface area contributed by atoms with E-state index in [9.17, 15) is 14.0 Å². The Hall–Kier alpha value is -2.78. The number of hydrogen-bond acceptors (Lipinski definition) is 5. The molecule has 172 valence electrons. The fraction of sp³-hybridized carbons (Fsp3) is 0.522. The van der Waals surface area contributed by atoms with Crippen molar-refractivity contribution in [3.8, 4) is 0 Å². The molecule has 8 nitrogen and oxygen atoms in total. The van der Waals surface area contributed by atoms with E-state index < -0.39 is 5.82 Å². The van der Waals surface area contributed by atoms with Crippen molar-refractivity contribution < 1.29 is 18.7 Å². The van der Waals surface area contributed by atoms with E-state index in [0.717, 1.165) is 25.4 Å². The Morgan fingerprint density at radius 2 is 2.12 bits per heavy atom. The molecular weight excluding hydrogens is 413 g/mol. The summed E-state index contributed by atoms with van der Waals surface area (Å²) in [5, 5.41) is 7.24. The quantitative estimate of drug-likeness (QED) is 0.644. The van der Waals surface area contributed by atoms with Gasteiger partial charge in [-0.3, -0.25) is 19.2 Å². The smallest absolute Gasteiger partial charge is 0.255 e. The maximum Gasteiger partial charge on any atom is 0.255 e. The van der Waals surface area contributed by atoms with Crippen molar-refractivity contribution in [2.75, 3.05) is 45.7 Å². The number of likely N-dealkylation sites (N-methyl/N-ethyl adjacent to an activating group) is 1. The van der Waals surface area contributed by atoms with E-state index in [4.69, 9.17) is 4.74 Å². The predicted molar refractivity (Wildman–Crippen MR) is 118 cm³/mol. The van der Waals surface area contributed by atoms with Crippen LogP contribution in [-0.2, 0) is 9.53 Å².